The molecular formula is C22H16F4N4O2S. The van der Waals surface area contributed by atoms with Gasteiger partial charge < -0.3 is 10.6 Å². The maximum atomic E-state index is 14.5. The molecule has 33 heavy (non-hydrogen) atoms. The average Bonchev–Trinajstić information content (AvgIpc) is 3.31. The van der Waals surface area contributed by atoms with Gasteiger partial charge in [0.15, 0.2) is 5.11 Å². The van der Waals surface area contributed by atoms with E-state index < -0.39 is 40.5 Å². The maximum absolute atomic E-state index is 14.5. The fourth-order valence-corrected chi connectivity index (χ4v) is 4.97. The molecule has 1 saturated carbocycles. The van der Waals surface area contributed by atoms with Crippen LogP contribution in [0.1, 0.15) is 47.2 Å². The van der Waals surface area contributed by atoms with E-state index in [9.17, 15) is 27.2 Å². The number of halogens is 4. The van der Waals surface area contributed by atoms with Gasteiger partial charge in [-0.25, -0.2) is 4.39 Å². The van der Waals surface area contributed by atoms with E-state index in [1.165, 1.54) is 29.2 Å². The summed E-state index contributed by atoms with van der Waals surface area (Å²) >= 11 is 5.51. The van der Waals surface area contributed by atoms with Crippen LogP contribution in [0.15, 0.2) is 36.4 Å². The van der Waals surface area contributed by atoms with Crippen molar-refractivity contribution < 1.29 is 27.2 Å². The molecule has 0 radical (unpaired) electrons. The van der Waals surface area contributed by atoms with Crippen LogP contribution in [0.2, 0.25) is 0 Å². The zero-order valence-electron chi connectivity index (χ0n) is 16.9. The SMILES string of the molecule is N#Cc1ccc(N2C(=O)C3(CCCC3)N(c3ccc(C(N)=O)c(F)c3)C2=S)cc1C(F)(F)F. The van der Waals surface area contributed by atoms with Gasteiger partial charge in [-0.3, -0.25) is 14.5 Å². The first kappa shape index (κ1) is 22.7. The number of nitriles is 1. The largest absolute Gasteiger partial charge is 0.417 e. The summed E-state index contributed by atoms with van der Waals surface area (Å²) in [7, 11) is 0. The van der Waals surface area contributed by atoms with E-state index in [1.54, 1.807) is 0 Å². The summed E-state index contributed by atoms with van der Waals surface area (Å²) in [6.07, 6.45) is -2.75. The fraction of sp³-hybridized carbons (Fsp3) is 0.273. The molecule has 1 spiro atoms. The highest BCUT2D eigenvalue weighted by atomic mass is 32.1. The van der Waals surface area contributed by atoms with Crippen LogP contribution in [0.25, 0.3) is 0 Å². The number of amides is 2. The number of anilines is 2. The lowest BCUT2D eigenvalue weighted by atomic mass is 9.94. The Hall–Kier alpha value is -3.52. The van der Waals surface area contributed by atoms with Gasteiger partial charge in [0, 0.05) is 5.69 Å². The number of thiocarbonyl (C=S) groups is 1. The second-order valence-corrected chi connectivity index (χ2v) is 8.23. The van der Waals surface area contributed by atoms with Gasteiger partial charge >= 0.3 is 6.18 Å². The van der Waals surface area contributed by atoms with Gasteiger partial charge in [0.1, 0.15) is 11.4 Å². The van der Waals surface area contributed by atoms with Crippen LogP contribution in [0.5, 0.6) is 0 Å². The zero-order valence-corrected chi connectivity index (χ0v) is 17.8. The first-order valence-corrected chi connectivity index (χ1v) is 10.3. The van der Waals surface area contributed by atoms with Crippen LogP contribution in [-0.4, -0.2) is 22.5 Å². The molecule has 11 heteroatoms. The fourth-order valence-electron chi connectivity index (χ4n) is 4.50. The van der Waals surface area contributed by atoms with Gasteiger partial charge in [-0.05, 0) is 61.5 Å². The first-order valence-electron chi connectivity index (χ1n) is 9.91. The number of nitrogens with two attached hydrogens (primary N) is 1. The second kappa shape index (κ2) is 7.81. The van der Waals surface area contributed by atoms with Crippen LogP contribution >= 0.6 is 12.2 Å². The second-order valence-electron chi connectivity index (χ2n) is 7.87. The lowest BCUT2D eigenvalue weighted by molar-refractivity contribution is -0.137. The Bertz CT molecular complexity index is 1230. The van der Waals surface area contributed by atoms with Crippen molar-refractivity contribution in [2.75, 3.05) is 9.80 Å². The number of carbonyl (C=O) groups excluding carboxylic acids is 2. The topological polar surface area (TPSA) is 90.4 Å². The first-order chi connectivity index (χ1) is 15.5. The Morgan fingerprint density at radius 1 is 1.12 bits per heavy atom. The molecule has 2 aliphatic rings. The molecule has 2 aromatic rings. The number of hydrogen-bond acceptors (Lipinski definition) is 4. The highest BCUT2D eigenvalue weighted by Crippen LogP contribution is 2.46. The van der Waals surface area contributed by atoms with Gasteiger partial charge in [0.05, 0.1) is 28.4 Å². The minimum atomic E-state index is -4.82. The molecule has 2 N–H and O–H groups in total. The third-order valence-corrected chi connectivity index (χ3v) is 6.37. The number of carbonyl (C=O) groups is 2. The Morgan fingerprint density at radius 2 is 1.76 bits per heavy atom. The Morgan fingerprint density at radius 3 is 2.30 bits per heavy atom. The number of benzene rings is 2. The summed E-state index contributed by atoms with van der Waals surface area (Å²) in [6.45, 7) is 0. The maximum Gasteiger partial charge on any atom is 0.417 e. The van der Waals surface area contributed by atoms with Crippen LogP contribution in [0.3, 0.4) is 0 Å². The molecule has 0 unspecified atom stereocenters. The third-order valence-electron chi connectivity index (χ3n) is 6.01. The van der Waals surface area contributed by atoms with Crippen molar-refractivity contribution in [1.82, 2.24) is 0 Å². The van der Waals surface area contributed by atoms with Crippen molar-refractivity contribution in [3.05, 3.63) is 58.9 Å². The van der Waals surface area contributed by atoms with Crippen molar-refractivity contribution in [3.63, 3.8) is 0 Å². The van der Waals surface area contributed by atoms with E-state index in [0.717, 1.165) is 17.0 Å². The highest BCUT2D eigenvalue weighted by molar-refractivity contribution is 7.81. The molecule has 1 saturated heterocycles. The van der Waals surface area contributed by atoms with E-state index in [0.29, 0.717) is 31.7 Å². The van der Waals surface area contributed by atoms with Crippen LogP contribution in [0.4, 0.5) is 28.9 Å². The van der Waals surface area contributed by atoms with E-state index in [-0.39, 0.29) is 22.1 Å². The lowest BCUT2D eigenvalue weighted by Gasteiger charge is -2.32. The van der Waals surface area contributed by atoms with Crippen LogP contribution in [-0.2, 0) is 11.0 Å². The lowest BCUT2D eigenvalue weighted by Crippen LogP contribution is -2.47. The highest BCUT2D eigenvalue weighted by Gasteiger charge is 2.57. The molecule has 2 aromatic carbocycles. The molecule has 1 aliphatic heterocycles. The number of hydrogen-bond donors (Lipinski definition) is 1. The monoisotopic (exact) mass is 476 g/mol. The smallest absolute Gasteiger partial charge is 0.366 e. The van der Waals surface area contributed by atoms with E-state index in [2.05, 4.69) is 0 Å². The summed E-state index contributed by atoms with van der Waals surface area (Å²) in [4.78, 5) is 27.4. The molecular weight excluding hydrogens is 460 g/mol. The predicted molar refractivity (Wildman–Crippen MR) is 115 cm³/mol. The quantitative estimate of drug-likeness (QED) is 0.528. The molecule has 0 aromatic heterocycles. The van der Waals surface area contributed by atoms with Gasteiger partial charge in [-0.1, -0.05) is 12.8 Å². The number of primary amides is 1. The van der Waals surface area contributed by atoms with E-state index >= 15 is 0 Å². The summed E-state index contributed by atoms with van der Waals surface area (Å²) in [5.74, 6) is -2.39. The molecule has 2 fully saturated rings. The summed E-state index contributed by atoms with van der Waals surface area (Å²) < 4.78 is 55.0. The Kier molecular flexibility index (Phi) is 5.36. The van der Waals surface area contributed by atoms with Crippen molar-refractivity contribution >= 4 is 40.5 Å². The van der Waals surface area contributed by atoms with Crippen LogP contribution < -0.4 is 15.5 Å². The number of rotatable bonds is 3. The number of alkyl halides is 3. The predicted octanol–water partition coefficient (Wildman–Crippen LogP) is 4.27. The molecule has 0 atom stereocenters. The standard InChI is InChI=1S/C22H16F4N4O2S/c23-17-10-14(5-6-15(17)18(28)31)30-20(33)29(19(32)21(30)7-1-2-8-21)13-4-3-12(11-27)16(9-13)22(24,25)26/h3-6,9-10H,1-2,7-8H2,(H2,28,31). The van der Waals surface area contributed by atoms with Crippen molar-refractivity contribution in [1.29, 1.82) is 5.26 Å². The molecule has 2 amide bonds. The molecule has 1 aliphatic carbocycles. The molecule has 1 heterocycles. The average molecular weight is 476 g/mol. The minimum absolute atomic E-state index is 0.119. The summed E-state index contributed by atoms with van der Waals surface area (Å²) in [5.41, 5.74) is 1.91. The van der Waals surface area contributed by atoms with E-state index in [1.807, 2.05) is 0 Å². The van der Waals surface area contributed by atoms with Gasteiger partial charge in [0.25, 0.3) is 11.8 Å². The normalized spacial score (nSPS) is 17.7. The van der Waals surface area contributed by atoms with Crippen molar-refractivity contribution in [3.8, 4) is 6.07 Å². The zero-order chi connectivity index (χ0) is 24.1. The minimum Gasteiger partial charge on any atom is -0.366 e. The van der Waals surface area contributed by atoms with Gasteiger partial charge in [-0.2, -0.15) is 18.4 Å². The summed E-state index contributed by atoms with van der Waals surface area (Å²) in [6, 6.07) is 8.02. The van der Waals surface area contributed by atoms with Crippen LogP contribution in [0, 0.1) is 17.1 Å². The van der Waals surface area contributed by atoms with Crippen molar-refractivity contribution in [2.24, 2.45) is 5.73 Å². The summed E-state index contributed by atoms with van der Waals surface area (Å²) in [5, 5.41) is 8.94. The molecule has 170 valence electrons. The molecule has 6 nitrogen and oxygen atoms in total. The van der Waals surface area contributed by atoms with E-state index in [4.69, 9.17) is 23.2 Å². The molecule has 0 bridgehead atoms. The molecule has 4 rings (SSSR count). The van der Waals surface area contributed by atoms with Gasteiger partial charge in [0.2, 0.25) is 0 Å². The Balaban J connectivity index is 1.85. The van der Waals surface area contributed by atoms with Crippen molar-refractivity contribution in [2.45, 2.75) is 37.4 Å². The Labute approximate surface area is 191 Å². The number of nitrogens with zero attached hydrogens (tertiary/aromatic N) is 3. The van der Waals surface area contributed by atoms with Gasteiger partial charge in [-0.15, -0.1) is 0 Å². The third kappa shape index (κ3) is 3.51.